The number of rotatable bonds is 4. The van der Waals surface area contributed by atoms with Crippen LogP contribution in [0.15, 0.2) is 35.4 Å². The van der Waals surface area contributed by atoms with Crippen molar-refractivity contribution in [2.45, 2.75) is 20.8 Å². The molecule has 2 aromatic rings. The number of hydrogen-bond acceptors (Lipinski definition) is 5. The summed E-state index contributed by atoms with van der Waals surface area (Å²) in [6, 6.07) is 6.76. The van der Waals surface area contributed by atoms with Crippen LogP contribution >= 0.6 is 11.8 Å². The van der Waals surface area contributed by atoms with Crippen LogP contribution in [-0.4, -0.2) is 16.8 Å². The summed E-state index contributed by atoms with van der Waals surface area (Å²) in [7, 11) is 0. The van der Waals surface area contributed by atoms with E-state index in [0.717, 1.165) is 52.3 Å². The maximum Gasteiger partial charge on any atom is 0.234 e. The number of amidine groups is 1. The van der Waals surface area contributed by atoms with Crippen molar-refractivity contribution in [1.29, 1.82) is 0 Å². The van der Waals surface area contributed by atoms with Gasteiger partial charge in [-0.15, -0.1) is 0 Å². The summed E-state index contributed by atoms with van der Waals surface area (Å²) < 4.78 is 26.8. The van der Waals surface area contributed by atoms with Crippen LogP contribution in [0.4, 0.5) is 20.2 Å². The molecule has 1 amide bonds. The van der Waals surface area contributed by atoms with Crippen LogP contribution in [0, 0.1) is 32.4 Å². The standard InChI is InChI=1S/C18H21F2N5OS/c1-10-6-11(2)17(12(3)7-10)25(22)18(24-21)27-9-16(26)23-15-8-13(19)4-5-14(15)20/h4-8H,9,21-22H2,1-3H3,(H,23,26)/b24-18+. The third kappa shape index (κ3) is 5.18. The summed E-state index contributed by atoms with van der Waals surface area (Å²) in [5.41, 5.74) is 3.46. The minimum atomic E-state index is -0.728. The lowest BCUT2D eigenvalue weighted by Crippen LogP contribution is -2.38. The Labute approximate surface area is 160 Å². The number of anilines is 2. The quantitative estimate of drug-likeness (QED) is 0.321. The first kappa shape index (κ1) is 20.7. The van der Waals surface area contributed by atoms with E-state index in [9.17, 15) is 13.6 Å². The summed E-state index contributed by atoms with van der Waals surface area (Å²) >= 11 is 0.981. The normalized spacial score (nSPS) is 11.4. The lowest BCUT2D eigenvalue weighted by Gasteiger charge is -2.23. The summed E-state index contributed by atoms with van der Waals surface area (Å²) in [6.07, 6.45) is 0. The zero-order chi connectivity index (χ0) is 20.1. The number of nitrogens with zero attached hydrogens (tertiary/aromatic N) is 2. The van der Waals surface area contributed by atoms with E-state index in [1.54, 1.807) is 0 Å². The van der Waals surface area contributed by atoms with Crippen LogP contribution in [0.25, 0.3) is 0 Å². The number of thioether (sulfide) groups is 1. The van der Waals surface area contributed by atoms with E-state index in [4.69, 9.17) is 11.7 Å². The number of amides is 1. The second-order valence-corrected chi connectivity index (χ2v) is 6.93. The van der Waals surface area contributed by atoms with Gasteiger partial charge in [0.05, 0.1) is 17.1 Å². The molecule has 0 unspecified atom stereocenters. The van der Waals surface area contributed by atoms with Crippen molar-refractivity contribution in [2.75, 3.05) is 16.1 Å². The minimum Gasteiger partial charge on any atom is -0.323 e. The van der Waals surface area contributed by atoms with Crippen molar-refractivity contribution in [3.8, 4) is 0 Å². The van der Waals surface area contributed by atoms with Crippen molar-refractivity contribution in [1.82, 2.24) is 0 Å². The molecular weight excluding hydrogens is 372 g/mol. The number of carbonyl (C=O) groups is 1. The largest absolute Gasteiger partial charge is 0.323 e. The molecule has 9 heteroatoms. The molecule has 6 nitrogen and oxygen atoms in total. The van der Waals surface area contributed by atoms with Crippen molar-refractivity contribution in [3.63, 3.8) is 0 Å². The van der Waals surface area contributed by atoms with Crippen LogP contribution in [0.1, 0.15) is 16.7 Å². The lowest BCUT2D eigenvalue weighted by molar-refractivity contribution is -0.113. The van der Waals surface area contributed by atoms with Gasteiger partial charge < -0.3 is 11.2 Å². The highest BCUT2D eigenvalue weighted by Gasteiger charge is 2.17. The highest BCUT2D eigenvalue weighted by molar-refractivity contribution is 8.14. The lowest BCUT2D eigenvalue weighted by atomic mass is 10.1. The second kappa shape index (κ2) is 8.83. The van der Waals surface area contributed by atoms with Crippen molar-refractivity contribution < 1.29 is 13.6 Å². The molecule has 0 heterocycles. The van der Waals surface area contributed by atoms with Gasteiger partial charge in [0, 0.05) is 6.07 Å². The summed E-state index contributed by atoms with van der Waals surface area (Å²) in [6.45, 7) is 5.80. The van der Waals surface area contributed by atoms with Crippen LogP contribution < -0.4 is 22.0 Å². The third-order valence-corrected chi connectivity index (χ3v) is 4.69. The Hall–Kier alpha value is -2.65. The zero-order valence-electron chi connectivity index (χ0n) is 15.2. The summed E-state index contributed by atoms with van der Waals surface area (Å²) in [5.74, 6) is 9.51. The first-order valence-corrected chi connectivity index (χ1v) is 8.99. The molecule has 0 radical (unpaired) electrons. The SMILES string of the molecule is Cc1cc(C)c(N(N)/C(=N\N)SCC(=O)Nc2cc(F)ccc2F)c(C)c1. The number of nitrogens with two attached hydrogens (primary N) is 2. The van der Waals surface area contributed by atoms with Gasteiger partial charge in [0.25, 0.3) is 0 Å². The molecule has 0 aliphatic heterocycles. The molecule has 0 bridgehead atoms. The first-order chi connectivity index (χ1) is 12.7. The van der Waals surface area contributed by atoms with Gasteiger partial charge in [-0.05, 0) is 44.0 Å². The van der Waals surface area contributed by atoms with E-state index in [0.29, 0.717) is 0 Å². The maximum absolute atomic E-state index is 13.6. The van der Waals surface area contributed by atoms with Crippen molar-refractivity contribution in [3.05, 3.63) is 58.7 Å². The zero-order valence-corrected chi connectivity index (χ0v) is 16.0. The number of aryl methyl sites for hydroxylation is 3. The Morgan fingerprint density at radius 1 is 1.19 bits per heavy atom. The Kier molecular flexibility index (Phi) is 6.75. The van der Waals surface area contributed by atoms with Crippen LogP contribution in [0.5, 0.6) is 0 Å². The minimum absolute atomic E-state index is 0.135. The number of nitrogens with one attached hydrogen (secondary N) is 1. The van der Waals surface area contributed by atoms with Gasteiger partial charge in [0.1, 0.15) is 11.6 Å². The molecule has 0 spiro atoms. The van der Waals surface area contributed by atoms with E-state index in [1.807, 2.05) is 32.9 Å². The number of halogens is 2. The summed E-state index contributed by atoms with van der Waals surface area (Å²) in [4.78, 5) is 12.1. The summed E-state index contributed by atoms with van der Waals surface area (Å²) in [5, 5.41) is 7.47. The average molecular weight is 393 g/mol. The van der Waals surface area contributed by atoms with Gasteiger partial charge in [-0.2, -0.15) is 5.10 Å². The smallest absolute Gasteiger partial charge is 0.234 e. The fourth-order valence-electron chi connectivity index (χ4n) is 2.73. The molecule has 144 valence electrons. The molecule has 27 heavy (non-hydrogen) atoms. The molecule has 0 aliphatic rings. The Bertz CT molecular complexity index is 865. The highest BCUT2D eigenvalue weighted by atomic mass is 32.2. The molecule has 0 saturated carbocycles. The molecule has 2 aromatic carbocycles. The van der Waals surface area contributed by atoms with E-state index in [-0.39, 0.29) is 16.6 Å². The van der Waals surface area contributed by atoms with Crippen molar-refractivity contribution in [2.24, 2.45) is 16.8 Å². The van der Waals surface area contributed by atoms with Gasteiger partial charge in [0.2, 0.25) is 11.1 Å². The maximum atomic E-state index is 13.6. The van der Waals surface area contributed by atoms with E-state index in [2.05, 4.69) is 10.4 Å². The van der Waals surface area contributed by atoms with Crippen LogP contribution in [0.2, 0.25) is 0 Å². The fraction of sp³-hybridized carbons (Fsp3) is 0.222. The van der Waals surface area contributed by atoms with Crippen LogP contribution in [-0.2, 0) is 4.79 Å². The van der Waals surface area contributed by atoms with E-state index < -0.39 is 17.5 Å². The number of hydrogen-bond donors (Lipinski definition) is 3. The number of hydrazone groups is 1. The van der Waals surface area contributed by atoms with Gasteiger partial charge in [0.15, 0.2) is 0 Å². The van der Waals surface area contributed by atoms with Crippen molar-refractivity contribution >= 4 is 34.2 Å². The molecule has 0 aliphatic carbocycles. The fourth-order valence-corrected chi connectivity index (χ4v) is 3.36. The number of carbonyl (C=O) groups excluding carboxylic acids is 1. The number of benzene rings is 2. The number of hydrazine groups is 1. The third-order valence-electron chi connectivity index (χ3n) is 3.73. The predicted octanol–water partition coefficient (Wildman–Crippen LogP) is 3.17. The topological polar surface area (TPSA) is 96.7 Å². The Balaban J connectivity index is 2.07. The molecule has 0 saturated heterocycles. The van der Waals surface area contributed by atoms with Gasteiger partial charge >= 0.3 is 0 Å². The molecule has 0 atom stereocenters. The molecule has 0 aromatic heterocycles. The first-order valence-electron chi connectivity index (χ1n) is 8.01. The Morgan fingerprint density at radius 2 is 1.81 bits per heavy atom. The van der Waals surface area contributed by atoms with Gasteiger partial charge in [-0.3, -0.25) is 9.80 Å². The Morgan fingerprint density at radius 3 is 2.41 bits per heavy atom. The van der Waals surface area contributed by atoms with E-state index in [1.165, 1.54) is 5.01 Å². The monoisotopic (exact) mass is 393 g/mol. The highest BCUT2D eigenvalue weighted by Crippen LogP contribution is 2.26. The predicted molar refractivity (Wildman–Crippen MR) is 106 cm³/mol. The van der Waals surface area contributed by atoms with Gasteiger partial charge in [-0.25, -0.2) is 14.6 Å². The average Bonchev–Trinajstić information content (AvgIpc) is 2.57. The van der Waals surface area contributed by atoms with Crippen LogP contribution in [0.3, 0.4) is 0 Å². The molecule has 2 rings (SSSR count). The molecule has 5 N–H and O–H groups in total. The van der Waals surface area contributed by atoms with E-state index >= 15 is 0 Å². The molecular formula is C18H21F2N5OS. The second-order valence-electron chi connectivity index (χ2n) is 5.99. The molecule has 0 fully saturated rings. The van der Waals surface area contributed by atoms with Gasteiger partial charge in [-0.1, -0.05) is 29.5 Å².